The number of benzene rings is 1. The monoisotopic (exact) mass is 342 g/mol. The highest BCUT2D eigenvalue weighted by atomic mass is 16.5. The van der Waals surface area contributed by atoms with Gasteiger partial charge in [-0.05, 0) is 48.9 Å². The summed E-state index contributed by atoms with van der Waals surface area (Å²) in [4.78, 5) is 0. The predicted molar refractivity (Wildman–Crippen MR) is 108 cm³/mol. The third-order valence-electron chi connectivity index (χ3n) is 5.26. The fourth-order valence-electron chi connectivity index (χ4n) is 3.74. The van der Waals surface area contributed by atoms with Gasteiger partial charge in [-0.25, -0.2) is 0 Å². The Kier molecular flexibility index (Phi) is 8.61. The van der Waals surface area contributed by atoms with E-state index in [0.29, 0.717) is 6.92 Å². The minimum Gasteiger partial charge on any atom is -0.497 e. The fraction of sp³-hybridized carbons (Fsp3) is 0.636. The molecule has 3 heteroatoms. The molecule has 0 fully saturated rings. The van der Waals surface area contributed by atoms with Crippen molar-refractivity contribution in [2.75, 3.05) is 7.11 Å². The largest absolute Gasteiger partial charge is 0.497 e. The Bertz CT molecular complexity index is 535. The Hall–Kier alpha value is -1.22. The van der Waals surface area contributed by atoms with Gasteiger partial charge in [-0.1, -0.05) is 70.5 Å². The molecule has 0 amide bonds. The second-order valence-corrected chi connectivity index (χ2v) is 7.18. The van der Waals surface area contributed by atoms with Crippen LogP contribution < -0.4 is 4.74 Å². The number of hydrogen-bond donors (Lipinski definition) is 0. The topological polar surface area (TPSA) is 18.5 Å². The molecule has 1 aliphatic heterocycles. The lowest BCUT2D eigenvalue weighted by molar-refractivity contribution is 0.255. The van der Waals surface area contributed by atoms with Crippen molar-refractivity contribution in [2.24, 2.45) is 0 Å². The zero-order chi connectivity index (χ0) is 18.1. The molecular formula is C22H35BO2. The summed E-state index contributed by atoms with van der Waals surface area (Å²) in [5, 5.41) is 0. The van der Waals surface area contributed by atoms with Gasteiger partial charge in [0, 0.05) is 0 Å². The summed E-state index contributed by atoms with van der Waals surface area (Å²) in [6.45, 7) is 7.15. The van der Waals surface area contributed by atoms with E-state index < -0.39 is 0 Å². The summed E-state index contributed by atoms with van der Waals surface area (Å²) in [6, 6.07) is 8.46. The molecule has 0 aromatic heterocycles. The molecule has 0 saturated heterocycles. The molecule has 1 aliphatic rings. The van der Waals surface area contributed by atoms with Crippen LogP contribution in [-0.4, -0.2) is 14.0 Å². The smallest absolute Gasteiger partial charge is 0.323 e. The van der Waals surface area contributed by atoms with E-state index in [1.165, 1.54) is 56.9 Å². The number of unbranched alkanes of at least 4 members (excludes halogenated alkanes) is 3. The van der Waals surface area contributed by atoms with Crippen LogP contribution >= 0.6 is 0 Å². The lowest BCUT2D eigenvalue weighted by atomic mass is 9.55. The number of hydrogen-bond acceptors (Lipinski definition) is 2. The van der Waals surface area contributed by atoms with Gasteiger partial charge in [0.15, 0.2) is 0 Å². The van der Waals surface area contributed by atoms with Gasteiger partial charge in [-0.3, -0.25) is 0 Å². The molecule has 2 rings (SSSR count). The molecule has 1 heterocycles. The van der Waals surface area contributed by atoms with E-state index in [1.54, 1.807) is 18.2 Å². The second kappa shape index (κ2) is 10.7. The highest BCUT2D eigenvalue weighted by Gasteiger charge is 2.36. The molecule has 0 radical (unpaired) electrons. The highest BCUT2D eigenvalue weighted by Crippen LogP contribution is 2.42. The molecule has 1 aromatic carbocycles. The van der Waals surface area contributed by atoms with Crippen LogP contribution in [0.4, 0.5) is 0 Å². The van der Waals surface area contributed by atoms with E-state index in [2.05, 4.69) is 45.0 Å². The van der Waals surface area contributed by atoms with Crippen LogP contribution in [0.25, 0.3) is 0 Å². The summed E-state index contributed by atoms with van der Waals surface area (Å²) in [5.41, 5.74) is 4.46. The van der Waals surface area contributed by atoms with Gasteiger partial charge < -0.3 is 9.39 Å². The third-order valence-corrected chi connectivity index (χ3v) is 5.26. The molecule has 0 N–H and O–H groups in total. The van der Waals surface area contributed by atoms with Crippen molar-refractivity contribution in [3.8, 4) is 5.75 Å². The van der Waals surface area contributed by atoms with Gasteiger partial charge in [0.1, 0.15) is 5.75 Å². The van der Waals surface area contributed by atoms with Crippen LogP contribution in [-0.2, 0) is 4.65 Å². The molecule has 1 aromatic rings. The van der Waals surface area contributed by atoms with Crippen LogP contribution in [0.1, 0.15) is 83.8 Å². The van der Waals surface area contributed by atoms with E-state index in [1.807, 2.05) is 0 Å². The first-order chi connectivity index (χ1) is 12.2. The molecule has 0 bridgehead atoms. The predicted octanol–water partition coefficient (Wildman–Crippen LogP) is 6.77. The molecule has 1 atom stereocenters. The van der Waals surface area contributed by atoms with Crippen molar-refractivity contribution >= 4 is 6.92 Å². The molecular weight excluding hydrogens is 307 g/mol. The van der Waals surface area contributed by atoms with Crippen LogP contribution in [0.5, 0.6) is 5.75 Å². The van der Waals surface area contributed by atoms with E-state index in [4.69, 9.17) is 9.39 Å². The highest BCUT2D eigenvalue weighted by molar-refractivity contribution is 6.61. The summed E-state index contributed by atoms with van der Waals surface area (Å²) in [7, 11) is 1.72. The van der Waals surface area contributed by atoms with E-state index in [-0.39, 0.29) is 6.10 Å². The summed E-state index contributed by atoms with van der Waals surface area (Å²) >= 11 is 0. The van der Waals surface area contributed by atoms with Gasteiger partial charge >= 0.3 is 6.92 Å². The Morgan fingerprint density at radius 1 is 0.920 bits per heavy atom. The van der Waals surface area contributed by atoms with Crippen molar-refractivity contribution in [3.63, 3.8) is 0 Å². The van der Waals surface area contributed by atoms with Gasteiger partial charge in [0.25, 0.3) is 0 Å². The zero-order valence-corrected chi connectivity index (χ0v) is 16.6. The second-order valence-electron chi connectivity index (χ2n) is 7.18. The summed E-state index contributed by atoms with van der Waals surface area (Å²) < 4.78 is 11.9. The Balaban J connectivity index is 2.29. The van der Waals surface area contributed by atoms with E-state index in [9.17, 15) is 0 Å². The van der Waals surface area contributed by atoms with Gasteiger partial charge in [0.05, 0.1) is 13.2 Å². The quantitative estimate of drug-likeness (QED) is 0.413. The Morgan fingerprint density at radius 3 is 2.16 bits per heavy atom. The number of ether oxygens (including phenoxy) is 1. The van der Waals surface area contributed by atoms with E-state index in [0.717, 1.165) is 12.1 Å². The lowest BCUT2D eigenvalue weighted by Gasteiger charge is -2.18. The summed E-state index contributed by atoms with van der Waals surface area (Å²) in [6.07, 6.45) is 11.2. The average molecular weight is 342 g/mol. The van der Waals surface area contributed by atoms with Crippen LogP contribution in [0.3, 0.4) is 0 Å². The number of allylic oxidation sites excluding steroid dienone is 1. The average Bonchev–Trinajstić information content (AvgIpc) is 3.00. The molecule has 0 aliphatic carbocycles. The normalized spacial score (nSPS) is 17.4. The molecule has 0 spiro atoms. The SMILES string of the molecule is CCCCB1OC(c2ccc(OC)cc2)C(CCCC)=C1CCCC. The maximum atomic E-state index is 6.63. The first kappa shape index (κ1) is 20.1. The van der Waals surface area contributed by atoms with Crippen LogP contribution in [0.15, 0.2) is 35.3 Å². The van der Waals surface area contributed by atoms with Crippen LogP contribution in [0, 0.1) is 0 Å². The Morgan fingerprint density at radius 2 is 1.56 bits per heavy atom. The van der Waals surface area contributed by atoms with Gasteiger partial charge in [-0.2, -0.15) is 0 Å². The van der Waals surface area contributed by atoms with Crippen molar-refractivity contribution in [2.45, 2.75) is 84.6 Å². The first-order valence-corrected chi connectivity index (χ1v) is 10.3. The van der Waals surface area contributed by atoms with Crippen molar-refractivity contribution in [3.05, 3.63) is 40.9 Å². The number of rotatable bonds is 11. The zero-order valence-electron chi connectivity index (χ0n) is 16.6. The minimum absolute atomic E-state index is 0.145. The first-order valence-electron chi connectivity index (χ1n) is 10.3. The van der Waals surface area contributed by atoms with Crippen molar-refractivity contribution in [1.29, 1.82) is 0 Å². The van der Waals surface area contributed by atoms with Crippen molar-refractivity contribution in [1.82, 2.24) is 0 Å². The lowest BCUT2D eigenvalue weighted by Crippen LogP contribution is -2.17. The van der Waals surface area contributed by atoms with Gasteiger partial charge in [-0.15, -0.1) is 0 Å². The number of methoxy groups -OCH3 is 1. The molecule has 0 saturated carbocycles. The fourth-order valence-corrected chi connectivity index (χ4v) is 3.74. The Labute approximate surface area is 155 Å². The molecule has 2 nitrogen and oxygen atoms in total. The maximum Gasteiger partial charge on any atom is 0.323 e. The maximum absolute atomic E-state index is 6.63. The molecule has 1 unspecified atom stereocenters. The molecule has 138 valence electrons. The minimum atomic E-state index is 0.145. The van der Waals surface area contributed by atoms with Crippen LogP contribution in [0.2, 0.25) is 6.32 Å². The third kappa shape index (κ3) is 5.38. The standard InChI is InChI=1S/C22H35BO2/c1-5-8-11-20-21(12-9-6-2)23(17-10-7-3)25-22(20)18-13-15-19(24-4)16-14-18/h13-16,22H,5-12,17H2,1-4H3. The summed E-state index contributed by atoms with van der Waals surface area (Å²) in [5.74, 6) is 0.912. The van der Waals surface area contributed by atoms with E-state index >= 15 is 0 Å². The van der Waals surface area contributed by atoms with Crippen molar-refractivity contribution < 1.29 is 9.39 Å². The molecule has 25 heavy (non-hydrogen) atoms. The van der Waals surface area contributed by atoms with Gasteiger partial charge in [0.2, 0.25) is 0 Å².